The highest BCUT2D eigenvalue weighted by Crippen LogP contribution is 2.33. The van der Waals surface area contributed by atoms with Crippen LogP contribution in [0.2, 0.25) is 0 Å². The Kier molecular flexibility index (Phi) is 4.94. The maximum atomic E-state index is 13.4. The van der Waals surface area contributed by atoms with Gasteiger partial charge in [-0.1, -0.05) is 12.8 Å². The van der Waals surface area contributed by atoms with E-state index in [0.717, 1.165) is 40.3 Å². The first-order chi connectivity index (χ1) is 12.2. The molecule has 0 bridgehead atoms. The average Bonchev–Trinajstić information content (AvgIpc) is 2.87. The van der Waals surface area contributed by atoms with Gasteiger partial charge < -0.3 is 9.13 Å². The molecule has 1 atom stereocenters. The van der Waals surface area contributed by atoms with Gasteiger partial charge in [0.15, 0.2) is 4.90 Å². The summed E-state index contributed by atoms with van der Waals surface area (Å²) in [7, 11) is 0.577. The summed E-state index contributed by atoms with van der Waals surface area (Å²) >= 11 is 0. The van der Waals surface area contributed by atoms with Gasteiger partial charge in [-0.15, -0.1) is 0 Å². The summed E-state index contributed by atoms with van der Waals surface area (Å²) in [5.41, 5.74) is -0.441. The molecule has 0 saturated carbocycles. The van der Waals surface area contributed by atoms with E-state index in [1.54, 1.807) is 0 Å². The van der Waals surface area contributed by atoms with Gasteiger partial charge >= 0.3 is 5.69 Å². The van der Waals surface area contributed by atoms with Gasteiger partial charge in [-0.2, -0.15) is 4.31 Å². The lowest BCUT2D eigenvalue weighted by atomic mass is 10.1. The molecule has 3 rings (SSSR count). The minimum Gasteiger partial charge on any atom is -0.353 e. The molecular weight excluding hydrogens is 356 g/mol. The summed E-state index contributed by atoms with van der Waals surface area (Å²) in [5.74, 6) is 0. The molecule has 8 nitrogen and oxygen atoms in total. The predicted octanol–water partition coefficient (Wildman–Crippen LogP) is 0.728. The molecule has 0 unspecified atom stereocenters. The Balaban J connectivity index is 2.17. The zero-order valence-electron chi connectivity index (χ0n) is 15.3. The zero-order valence-corrected chi connectivity index (χ0v) is 16.1. The predicted molar refractivity (Wildman–Crippen MR) is 97.4 cm³/mol. The van der Waals surface area contributed by atoms with Gasteiger partial charge in [0.05, 0.1) is 6.04 Å². The van der Waals surface area contributed by atoms with Crippen molar-refractivity contribution in [1.29, 1.82) is 0 Å². The molecule has 0 spiro atoms. The minimum atomic E-state index is -4.04. The molecule has 0 radical (unpaired) electrons. The van der Waals surface area contributed by atoms with Crippen LogP contribution in [0.4, 0.5) is 0 Å². The third-order valence-corrected chi connectivity index (χ3v) is 6.92. The third-order valence-electron chi connectivity index (χ3n) is 5.03. The van der Waals surface area contributed by atoms with Crippen molar-refractivity contribution >= 4 is 10.0 Å². The highest BCUT2D eigenvalue weighted by molar-refractivity contribution is 7.89. The first-order valence-corrected chi connectivity index (χ1v) is 10.1. The second kappa shape index (κ2) is 6.88. The van der Waals surface area contributed by atoms with Crippen molar-refractivity contribution in [3.05, 3.63) is 51.1 Å². The molecule has 142 valence electrons. The van der Waals surface area contributed by atoms with Gasteiger partial charge in [0.25, 0.3) is 15.6 Å². The van der Waals surface area contributed by atoms with Gasteiger partial charge in [-0.05, 0) is 25.0 Å². The lowest BCUT2D eigenvalue weighted by Crippen LogP contribution is -2.43. The highest BCUT2D eigenvalue weighted by Gasteiger charge is 2.36. The number of aryl methyl sites for hydroxylation is 2. The topological polar surface area (TPSA) is 86.3 Å². The molecule has 3 heterocycles. The molecule has 1 saturated heterocycles. The number of rotatable bonds is 3. The van der Waals surface area contributed by atoms with Gasteiger partial charge in [0, 0.05) is 45.8 Å². The quantitative estimate of drug-likeness (QED) is 0.785. The standard InChI is InChI=1S/C17H24N4O4S/c1-18-10-7-9-13(18)14-8-5-4-6-11-21(14)26(24,25)15-12-19(2)17(23)20(3)16(15)22/h7,9-10,12,14H,4-6,8,11H2,1-3H3/t14-/m0/s1. The molecule has 1 aliphatic rings. The van der Waals surface area contributed by atoms with Crippen LogP contribution in [-0.4, -0.2) is 33.0 Å². The van der Waals surface area contributed by atoms with Crippen LogP contribution in [-0.2, 0) is 31.2 Å². The van der Waals surface area contributed by atoms with E-state index in [1.807, 2.05) is 29.9 Å². The van der Waals surface area contributed by atoms with Crippen molar-refractivity contribution in [2.45, 2.75) is 36.6 Å². The Hall–Kier alpha value is -2.13. The van der Waals surface area contributed by atoms with Crippen molar-refractivity contribution in [3.63, 3.8) is 0 Å². The average molecular weight is 380 g/mol. The molecule has 0 aliphatic carbocycles. The second-order valence-corrected chi connectivity index (χ2v) is 8.63. The summed E-state index contributed by atoms with van der Waals surface area (Å²) in [5, 5.41) is 0. The van der Waals surface area contributed by atoms with E-state index in [1.165, 1.54) is 18.4 Å². The molecule has 1 fully saturated rings. The Morgan fingerprint density at radius 1 is 1.04 bits per heavy atom. The summed E-state index contributed by atoms with van der Waals surface area (Å²) in [6, 6.07) is 3.47. The molecular formula is C17H24N4O4S. The maximum Gasteiger partial charge on any atom is 0.330 e. The van der Waals surface area contributed by atoms with E-state index >= 15 is 0 Å². The Morgan fingerprint density at radius 2 is 1.77 bits per heavy atom. The van der Waals surface area contributed by atoms with E-state index < -0.39 is 21.3 Å². The lowest BCUT2D eigenvalue weighted by molar-refractivity contribution is 0.317. The van der Waals surface area contributed by atoms with Crippen LogP contribution >= 0.6 is 0 Å². The van der Waals surface area contributed by atoms with Crippen LogP contribution in [0.15, 0.2) is 39.0 Å². The van der Waals surface area contributed by atoms with Crippen molar-refractivity contribution in [2.75, 3.05) is 6.54 Å². The molecule has 1 aliphatic heterocycles. The number of hydrogen-bond donors (Lipinski definition) is 0. The highest BCUT2D eigenvalue weighted by atomic mass is 32.2. The van der Waals surface area contributed by atoms with E-state index in [0.29, 0.717) is 13.0 Å². The van der Waals surface area contributed by atoms with Crippen LogP contribution in [0.3, 0.4) is 0 Å². The van der Waals surface area contributed by atoms with Crippen LogP contribution in [0.1, 0.15) is 37.4 Å². The van der Waals surface area contributed by atoms with Crippen molar-refractivity contribution in [3.8, 4) is 0 Å². The van der Waals surface area contributed by atoms with E-state index in [9.17, 15) is 18.0 Å². The fourth-order valence-corrected chi connectivity index (χ4v) is 5.38. The van der Waals surface area contributed by atoms with E-state index in [-0.39, 0.29) is 10.9 Å². The summed E-state index contributed by atoms with van der Waals surface area (Å²) in [6.45, 7) is 0.351. The van der Waals surface area contributed by atoms with Crippen LogP contribution < -0.4 is 11.2 Å². The van der Waals surface area contributed by atoms with Gasteiger partial charge in [0.1, 0.15) is 0 Å². The number of aromatic nitrogens is 3. The molecule has 26 heavy (non-hydrogen) atoms. The molecule has 0 aromatic carbocycles. The van der Waals surface area contributed by atoms with E-state index in [2.05, 4.69) is 0 Å². The normalized spacial score (nSPS) is 19.4. The first-order valence-electron chi connectivity index (χ1n) is 8.65. The van der Waals surface area contributed by atoms with Gasteiger partial charge in [-0.25, -0.2) is 13.2 Å². The summed E-state index contributed by atoms with van der Waals surface area (Å²) < 4.78 is 32.1. The molecule has 2 aromatic heterocycles. The van der Waals surface area contributed by atoms with Crippen LogP contribution in [0, 0.1) is 0 Å². The van der Waals surface area contributed by atoms with Crippen molar-refractivity contribution in [1.82, 2.24) is 18.0 Å². The summed E-state index contributed by atoms with van der Waals surface area (Å²) in [6.07, 6.45) is 6.32. The number of nitrogens with zero attached hydrogens (tertiary/aromatic N) is 4. The first kappa shape index (κ1) is 18.7. The van der Waals surface area contributed by atoms with Gasteiger partial charge in [-0.3, -0.25) is 9.36 Å². The monoisotopic (exact) mass is 380 g/mol. The van der Waals surface area contributed by atoms with Crippen LogP contribution in [0.5, 0.6) is 0 Å². The molecule has 2 aromatic rings. The molecule has 0 amide bonds. The van der Waals surface area contributed by atoms with Crippen LogP contribution in [0.25, 0.3) is 0 Å². The Bertz CT molecular complexity index is 1030. The van der Waals surface area contributed by atoms with Crippen molar-refractivity contribution < 1.29 is 8.42 Å². The minimum absolute atomic E-state index is 0.329. The van der Waals surface area contributed by atoms with E-state index in [4.69, 9.17) is 0 Å². The fourth-order valence-electron chi connectivity index (χ4n) is 3.56. The number of hydrogen-bond acceptors (Lipinski definition) is 4. The maximum absolute atomic E-state index is 13.4. The zero-order chi connectivity index (χ0) is 19.1. The summed E-state index contributed by atoms with van der Waals surface area (Å²) in [4.78, 5) is 24.1. The lowest BCUT2D eigenvalue weighted by Gasteiger charge is -2.29. The fraction of sp³-hybridized carbons (Fsp3) is 0.529. The Labute approximate surface area is 152 Å². The number of sulfonamides is 1. The molecule has 9 heteroatoms. The second-order valence-electron chi connectivity index (χ2n) is 6.78. The Morgan fingerprint density at radius 3 is 2.42 bits per heavy atom. The molecule has 0 N–H and O–H groups in total. The van der Waals surface area contributed by atoms with Crippen molar-refractivity contribution in [2.24, 2.45) is 21.1 Å². The smallest absolute Gasteiger partial charge is 0.330 e. The SMILES string of the molecule is Cn1cccc1[C@@H]1CCCCCN1S(=O)(=O)c1cn(C)c(=O)n(C)c1=O. The largest absolute Gasteiger partial charge is 0.353 e. The third kappa shape index (κ3) is 3.05. The van der Waals surface area contributed by atoms with Gasteiger partial charge in [0.2, 0.25) is 0 Å².